The van der Waals surface area contributed by atoms with Gasteiger partial charge in [-0.15, -0.1) is 0 Å². The van der Waals surface area contributed by atoms with Gasteiger partial charge >= 0.3 is 0 Å². The van der Waals surface area contributed by atoms with Gasteiger partial charge in [-0.05, 0) is 12.1 Å². The van der Waals surface area contributed by atoms with Crippen molar-refractivity contribution in [3.63, 3.8) is 0 Å². The molecule has 0 spiro atoms. The smallest absolute Gasteiger partial charge is 0.210 e. The second-order valence-corrected chi connectivity index (χ2v) is 5.66. The Kier molecular flexibility index (Phi) is 3.62. The average Bonchev–Trinajstić information content (AvgIpc) is 2.54. The van der Waals surface area contributed by atoms with Crippen molar-refractivity contribution in [1.29, 1.82) is 0 Å². The Morgan fingerprint density at radius 3 is 2.00 bits per heavy atom. The molecule has 1 aliphatic carbocycles. The lowest BCUT2D eigenvalue weighted by molar-refractivity contribution is 0.0976. The number of rotatable bonds is 3. The standard InChI is InChI=1S/C17H13NO2S/c1-18-14-15(19)12-9-5-6-10-13(12)16(20)17(14)21-11-7-3-2-4-8-11/h2-10,18H,1H3. The molecule has 0 bridgehead atoms. The molecule has 0 heterocycles. The van der Waals surface area contributed by atoms with Crippen molar-refractivity contribution in [2.45, 2.75) is 4.90 Å². The van der Waals surface area contributed by atoms with Crippen molar-refractivity contribution >= 4 is 23.3 Å². The van der Waals surface area contributed by atoms with E-state index in [0.29, 0.717) is 21.7 Å². The summed E-state index contributed by atoms with van der Waals surface area (Å²) in [5.74, 6) is -0.241. The van der Waals surface area contributed by atoms with Crippen LogP contribution in [0.25, 0.3) is 0 Å². The summed E-state index contributed by atoms with van der Waals surface area (Å²) in [4.78, 5) is 26.6. The predicted octanol–water partition coefficient (Wildman–Crippen LogP) is 3.29. The van der Waals surface area contributed by atoms with Crippen molar-refractivity contribution in [3.05, 3.63) is 76.3 Å². The summed E-state index contributed by atoms with van der Waals surface area (Å²) >= 11 is 1.32. The summed E-state index contributed by atoms with van der Waals surface area (Å²) in [6.45, 7) is 0. The Bertz CT molecular complexity index is 750. The van der Waals surface area contributed by atoms with E-state index in [9.17, 15) is 9.59 Å². The number of thioether (sulfide) groups is 1. The fraction of sp³-hybridized carbons (Fsp3) is 0.0588. The minimum absolute atomic E-state index is 0.108. The first-order valence-electron chi connectivity index (χ1n) is 6.55. The van der Waals surface area contributed by atoms with Gasteiger partial charge in [-0.1, -0.05) is 54.2 Å². The summed E-state index contributed by atoms with van der Waals surface area (Å²) in [5, 5.41) is 2.88. The van der Waals surface area contributed by atoms with Gasteiger partial charge in [-0.3, -0.25) is 9.59 Å². The van der Waals surface area contributed by atoms with Crippen LogP contribution in [-0.4, -0.2) is 18.6 Å². The van der Waals surface area contributed by atoms with E-state index in [1.54, 1.807) is 31.3 Å². The van der Waals surface area contributed by atoms with Gasteiger partial charge in [0.2, 0.25) is 11.6 Å². The maximum atomic E-state index is 12.7. The van der Waals surface area contributed by atoms with Gasteiger partial charge in [0.25, 0.3) is 0 Å². The first kappa shape index (κ1) is 13.6. The molecule has 21 heavy (non-hydrogen) atoms. The molecule has 0 atom stereocenters. The number of Topliss-reactive ketones (excluding diaryl/α,β-unsaturated/α-hetero) is 2. The highest BCUT2D eigenvalue weighted by Gasteiger charge is 2.31. The zero-order valence-electron chi connectivity index (χ0n) is 11.4. The van der Waals surface area contributed by atoms with E-state index in [1.807, 2.05) is 30.3 Å². The number of hydrogen-bond donors (Lipinski definition) is 1. The van der Waals surface area contributed by atoms with Crippen LogP contribution in [0.1, 0.15) is 20.7 Å². The lowest BCUT2D eigenvalue weighted by Gasteiger charge is -2.20. The molecule has 0 radical (unpaired) electrons. The Morgan fingerprint density at radius 1 is 0.810 bits per heavy atom. The quantitative estimate of drug-likeness (QED) is 0.944. The number of carbonyl (C=O) groups is 2. The summed E-state index contributed by atoms with van der Waals surface area (Å²) in [5.41, 5.74) is 1.30. The van der Waals surface area contributed by atoms with Crippen LogP contribution in [0.3, 0.4) is 0 Å². The maximum Gasteiger partial charge on any atom is 0.210 e. The SMILES string of the molecule is CNC1=C(Sc2ccccc2)C(=O)c2ccccc2C1=O. The molecule has 0 amide bonds. The largest absolute Gasteiger partial charge is 0.384 e. The molecule has 2 aromatic rings. The Balaban J connectivity index is 2.09. The van der Waals surface area contributed by atoms with Crippen LogP contribution in [0, 0.1) is 0 Å². The maximum absolute atomic E-state index is 12.7. The summed E-state index contributed by atoms with van der Waals surface area (Å²) in [6.07, 6.45) is 0. The third-order valence-corrected chi connectivity index (χ3v) is 4.39. The normalized spacial score (nSPS) is 14.1. The molecular formula is C17H13NO2S. The van der Waals surface area contributed by atoms with Gasteiger partial charge in [-0.25, -0.2) is 0 Å². The molecule has 3 nitrogen and oxygen atoms in total. The molecule has 2 aromatic carbocycles. The summed E-state index contributed by atoms with van der Waals surface area (Å²) in [7, 11) is 1.67. The van der Waals surface area contributed by atoms with Crippen LogP contribution in [0.4, 0.5) is 0 Å². The summed E-state index contributed by atoms with van der Waals surface area (Å²) in [6, 6.07) is 16.5. The zero-order chi connectivity index (χ0) is 14.8. The predicted molar refractivity (Wildman–Crippen MR) is 83.5 cm³/mol. The third kappa shape index (κ3) is 2.38. The molecule has 0 aromatic heterocycles. The van der Waals surface area contributed by atoms with E-state index >= 15 is 0 Å². The highest BCUT2D eigenvalue weighted by molar-refractivity contribution is 8.04. The lowest BCUT2D eigenvalue weighted by Crippen LogP contribution is -2.27. The van der Waals surface area contributed by atoms with Crippen molar-refractivity contribution < 1.29 is 9.59 Å². The number of ketones is 2. The van der Waals surface area contributed by atoms with Gasteiger partial charge in [-0.2, -0.15) is 0 Å². The number of hydrogen-bond acceptors (Lipinski definition) is 4. The van der Waals surface area contributed by atoms with Crippen molar-refractivity contribution in [2.75, 3.05) is 7.05 Å². The van der Waals surface area contributed by atoms with Crippen LogP contribution in [-0.2, 0) is 0 Å². The van der Waals surface area contributed by atoms with Gasteiger partial charge < -0.3 is 5.32 Å². The van der Waals surface area contributed by atoms with Crippen LogP contribution in [0.15, 0.2) is 70.1 Å². The van der Waals surface area contributed by atoms with E-state index < -0.39 is 0 Å². The van der Waals surface area contributed by atoms with Gasteiger partial charge in [0.15, 0.2) is 0 Å². The van der Waals surface area contributed by atoms with Gasteiger partial charge in [0, 0.05) is 23.1 Å². The minimum atomic E-state index is -0.133. The van der Waals surface area contributed by atoms with Crippen LogP contribution in [0.2, 0.25) is 0 Å². The monoisotopic (exact) mass is 295 g/mol. The first-order valence-corrected chi connectivity index (χ1v) is 7.37. The van der Waals surface area contributed by atoms with Crippen LogP contribution in [0.5, 0.6) is 0 Å². The topological polar surface area (TPSA) is 46.2 Å². The number of nitrogens with one attached hydrogen (secondary N) is 1. The molecule has 0 fully saturated rings. The molecule has 0 saturated heterocycles. The zero-order valence-corrected chi connectivity index (χ0v) is 12.2. The lowest BCUT2D eigenvalue weighted by atomic mass is 9.92. The van der Waals surface area contributed by atoms with Gasteiger partial charge in [0.1, 0.15) is 5.70 Å². The number of benzene rings is 2. The number of carbonyl (C=O) groups excluding carboxylic acids is 2. The molecular weight excluding hydrogens is 282 g/mol. The van der Waals surface area contributed by atoms with Crippen molar-refractivity contribution in [3.8, 4) is 0 Å². The Labute approximate surface area is 127 Å². The van der Waals surface area contributed by atoms with Crippen molar-refractivity contribution in [1.82, 2.24) is 5.32 Å². The highest BCUT2D eigenvalue weighted by atomic mass is 32.2. The van der Waals surface area contributed by atoms with E-state index in [4.69, 9.17) is 0 Å². The van der Waals surface area contributed by atoms with E-state index in [0.717, 1.165) is 4.90 Å². The molecule has 1 N–H and O–H groups in total. The fourth-order valence-electron chi connectivity index (χ4n) is 2.28. The molecule has 0 aliphatic heterocycles. The Hall–Kier alpha value is -2.33. The number of likely N-dealkylation sites (N-methyl/N-ethyl adjacent to an activating group) is 1. The van der Waals surface area contributed by atoms with E-state index in [2.05, 4.69) is 5.32 Å². The molecule has 1 aliphatic rings. The molecule has 0 saturated carbocycles. The Morgan fingerprint density at radius 2 is 1.38 bits per heavy atom. The molecule has 4 heteroatoms. The number of fused-ring (bicyclic) bond motifs is 1. The minimum Gasteiger partial charge on any atom is -0.384 e. The van der Waals surface area contributed by atoms with Gasteiger partial charge in [0.05, 0.1) is 4.91 Å². The molecule has 104 valence electrons. The van der Waals surface area contributed by atoms with E-state index in [-0.39, 0.29) is 11.6 Å². The number of allylic oxidation sites excluding steroid dienone is 2. The van der Waals surface area contributed by atoms with Crippen LogP contribution >= 0.6 is 11.8 Å². The van der Waals surface area contributed by atoms with Crippen LogP contribution < -0.4 is 5.32 Å². The van der Waals surface area contributed by atoms with E-state index in [1.165, 1.54) is 11.8 Å². The van der Waals surface area contributed by atoms with Crippen molar-refractivity contribution in [2.24, 2.45) is 0 Å². The summed E-state index contributed by atoms with van der Waals surface area (Å²) < 4.78 is 0. The molecule has 3 rings (SSSR count). The second kappa shape index (κ2) is 5.58. The third-order valence-electron chi connectivity index (χ3n) is 3.29. The fourth-order valence-corrected chi connectivity index (χ4v) is 3.31. The first-order chi connectivity index (χ1) is 10.2. The highest BCUT2D eigenvalue weighted by Crippen LogP contribution is 2.35. The average molecular weight is 295 g/mol. The molecule has 0 unspecified atom stereocenters. The second-order valence-electron chi connectivity index (χ2n) is 4.57.